The van der Waals surface area contributed by atoms with E-state index in [1.165, 1.54) is 24.3 Å². The van der Waals surface area contributed by atoms with Crippen LogP contribution in [0, 0.1) is 12.7 Å². The van der Waals surface area contributed by atoms with Gasteiger partial charge in [-0.25, -0.2) is 14.2 Å². The number of rotatable bonds is 6. The number of nitrogens with one attached hydrogen (secondary N) is 2. The number of carbonyl (C=O) groups excluding carboxylic acids is 1. The van der Waals surface area contributed by atoms with Crippen LogP contribution in [0.3, 0.4) is 0 Å². The average molecular weight is 468 g/mol. The minimum absolute atomic E-state index is 0.353. The van der Waals surface area contributed by atoms with Crippen molar-refractivity contribution >= 4 is 17.4 Å². The fourth-order valence-corrected chi connectivity index (χ4v) is 3.44. The SMILES string of the molecule is Cc1ccc(-c2noc(-c3cn(Cc4ccc(NC(=O)Nc5ccc(F)cc5)cc4)cn3)n2)cc1. The number of halogens is 1. The number of anilines is 2. The zero-order valence-electron chi connectivity index (χ0n) is 18.8. The number of amides is 2. The molecule has 0 saturated heterocycles. The van der Waals surface area contributed by atoms with Gasteiger partial charge in [-0.05, 0) is 48.9 Å². The molecule has 2 heterocycles. The van der Waals surface area contributed by atoms with Crippen molar-refractivity contribution in [3.63, 3.8) is 0 Å². The van der Waals surface area contributed by atoms with Crippen LogP contribution in [0.4, 0.5) is 20.6 Å². The van der Waals surface area contributed by atoms with E-state index in [4.69, 9.17) is 4.52 Å². The van der Waals surface area contributed by atoms with Crippen LogP contribution in [0.1, 0.15) is 11.1 Å². The molecule has 2 amide bonds. The maximum atomic E-state index is 13.0. The molecule has 0 radical (unpaired) electrons. The van der Waals surface area contributed by atoms with E-state index in [0.717, 1.165) is 16.7 Å². The highest BCUT2D eigenvalue weighted by molar-refractivity contribution is 5.99. The first-order valence-corrected chi connectivity index (χ1v) is 10.9. The topological polar surface area (TPSA) is 97.9 Å². The van der Waals surface area contributed by atoms with Crippen molar-refractivity contribution < 1.29 is 13.7 Å². The first-order valence-electron chi connectivity index (χ1n) is 10.9. The Bertz CT molecular complexity index is 1440. The molecule has 0 spiro atoms. The summed E-state index contributed by atoms with van der Waals surface area (Å²) in [4.78, 5) is 21.0. The molecule has 2 N–H and O–H groups in total. The van der Waals surface area contributed by atoms with E-state index in [1.54, 1.807) is 6.33 Å². The van der Waals surface area contributed by atoms with Crippen molar-refractivity contribution in [1.29, 1.82) is 0 Å². The van der Waals surface area contributed by atoms with Crippen LogP contribution in [0.5, 0.6) is 0 Å². The molecule has 9 heteroatoms. The lowest BCUT2D eigenvalue weighted by molar-refractivity contribution is 0.262. The number of hydrogen-bond donors (Lipinski definition) is 2. The molecule has 0 aliphatic carbocycles. The number of benzene rings is 3. The summed E-state index contributed by atoms with van der Waals surface area (Å²) in [7, 11) is 0. The van der Waals surface area contributed by atoms with Crippen LogP contribution in [-0.4, -0.2) is 25.7 Å². The van der Waals surface area contributed by atoms with E-state index in [2.05, 4.69) is 25.8 Å². The van der Waals surface area contributed by atoms with Gasteiger partial charge >= 0.3 is 6.03 Å². The normalized spacial score (nSPS) is 10.8. The summed E-state index contributed by atoms with van der Waals surface area (Å²) in [6.07, 6.45) is 3.54. The molecule has 35 heavy (non-hydrogen) atoms. The van der Waals surface area contributed by atoms with Gasteiger partial charge in [-0.2, -0.15) is 4.98 Å². The maximum Gasteiger partial charge on any atom is 0.323 e. The molecule has 0 saturated carbocycles. The van der Waals surface area contributed by atoms with Gasteiger partial charge in [0.05, 0.1) is 6.33 Å². The Hall–Kier alpha value is -4.79. The summed E-state index contributed by atoms with van der Waals surface area (Å²) in [5.74, 6) is 0.507. The van der Waals surface area contributed by atoms with E-state index in [-0.39, 0.29) is 5.82 Å². The number of imidazole rings is 1. The molecule has 0 fully saturated rings. The molecule has 0 unspecified atom stereocenters. The van der Waals surface area contributed by atoms with Crippen LogP contribution >= 0.6 is 0 Å². The Morgan fingerprint density at radius 3 is 2.29 bits per heavy atom. The summed E-state index contributed by atoms with van der Waals surface area (Å²) in [5, 5.41) is 9.46. The monoisotopic (exact) mass is 468 g/mol. The van der Waals surface area contributed by atoms with E-state index in [0.29, 0.717) is 35.3 Å². The fourth-order valence-electron chi connectivity index (χ4n) is 3.44. The second kappa shape index (κ2) is 9.60. The predicted molar refractivity (Wildman–Crippen MR) is 130 cm³/mol. The summed E-state index contributed by atoms with van der Waals surface area (Å²) < 4.78 is 20.3. The Kier molecular flexibility index (Phi) is 6.04. The van der Waals surface area contributed by atoms with Crippen molar-refractivity contribution in [2.75, 3.05) is 10.6 Å². The van der Waals surface area contributed by atoms with Crippen LogP contribution in [0.25, 0.3) is 23.0 Å². The molecular weight excluding hydrogens is 447 g/mol. The van der Waals surface area contributed by atoms with Crippen LogP contribution in [0.2, 0.25) is 0 Å². The van der Waals surface area contributed by atoms with Crippen LogP contribution < -0.4 is 10.6 Å². The zero-order chi connectivity index (χ0) is 24.2. The standard InChI is InChI=1S/C26H21FN6O2/c1-17-2-6-19(7-3-17)24-31-25(35-32-24)23-15-33(16-28-23)14-18-4-10-21(11-5-18)29-26(34)30-22-12-8-20(27)9-13-22/h2-13,15-16H,14H2,1H3,(H2,29,30,34). The van der Waals surface area contributed by atoms with E-state index in [9.17, 15) is 9.18 Å². The highest BCUT2D eigenvalue weighted by atomic mass is 19.1. The number of hydrogen-bond acceptors (Lipinski definition) is 5. The smallest absolute Gasteiger partial charge is 0.323 e. The molecule has 0 aliphatic rings. The second-order valence-electron chi connectivity index (χ2n) is 8.00. The Morgan fingerprint density at radius 2 is 1.60 bits per heavy atom. The third kappa shape index (κ3) is 5.41. The molecule has 0 atom stereocenters. The number of aromatic nitrogens is 4. The molecule has 0 bridgehead atoms. The summed E-state index contributed by atoms with van der Waals surface area (Å²) in [6, 6.07) is 20.5. The highest BCUT2D eigenvalue weighted by Crippen LogP contribution is 2.22. The molecule has 2 aromatic heterocycles. The molecule has 5 rings (SSSR count). The molecule has 5 aromatic rings. The number of urea groups is 1. The Labute approximate surface area is 200 Å². The minimum atomic E-state index is -0.409. The Morgan fingerprint density at radius 1 is 0.943 bits per heavy atom. The number of carbonyl (C=O) groups is 1. The van der Waals surface area contributed by atoms with Crippen molar-refractivity contribution in [3.8, 4) is 23.0 Å². The number of aryl methyl sites for hydroxylation is 1. The van der Waals surface area contributed by atoms with E-state index in [1.807, 2.05) is 66.2 Å². The predicted octanol–water partition coefficient (Wildman–Crippen LogP) is 5.74. The lowest BCUT2D eigenvalue weighted by Crippen LogP contribution is -2.19. The zero-order valence-corrected chi connectivity index (χ0v) is 18.8. The Balaban J connectivity index is 1.19. The lowest BCUT2D eigenvalue weighted by Gasteiger charge is -2.09. The molecule has 174 valence electrons. The minimum Gasteiger partial charge on any atom is -0.332 e. The summed E-state index contributed by atoms with van der Waals surface area (Å²) >= 11 is 0. The maximum absolute atomic E-state index is 13.0. The number of nitrogens with zero attached hydrogens (tertiary/aromatic N) is 4. The quantitative estimate of drug-likeness (QED) is 0.331. The van der Waals surface area contributed by atoms with E-state index >= 15 is 0 Å². The van der Waals surface area contributed by atoms with Crippen molar-refractivity contribution in [2.24, 2.45) is 0 Å². The average Bonchev–Trinajstić information content (AvgIpc) is 3.52. The van der Waals surface area contributed by atoms with Gasteiger partial charge in [0, 0.05) is 29.7 Å². The second-order valence-corrected chi connectivity index (χ2v) is 8.00. The van der Waals surface area contributed by atoms with Crippen molar-refractivity contribution in [3.05, 3.63) is 102 Å². The summed E-state index contributed by atoms with van der Waals surface area (Å²) in [5.41, 5.74) is 4.78. The van der Waals surface area contributed by atoms with Crippen molar-refractivity contribution in [1.82, 2.24) is 19.7 Å². The van der Waals surface area contributed by atoms with Gasteiger partial charge in [0.25, 0.3) is 5.89 Å². The van der Waals surface area contributed by atoms with Gasteiger partial charge in [-0.1, -0.05) is 47.1 Å². The first-order chi connectivity index (χ1) is 17.0. The van der Waals surface area contributed by atoms with E-state index < -0.39 is 6.03 Å². The van der Waals surface area contributed by atoms with Crippen LogP contribution in [0.15, 0.2) is 89.8 Å². The van der Waals surface area contributed by atoms with Gasteiger partial charge < -0.3 is 19.7 Å². The fraction of sp³-hybridized carbons (Fsp3) is 0.0769. The van der Waals surface area contributed by atoms with Gasteiger partial charge in [0.1, 0.15) is 11.5 Å². The molecule has 0 aliphatic heterocycles. The molecular formula is C26H21FN6O2. The van der Waals surface area contributed by atoms with Crippen LogP contribution in [-0.2, 0) is 6.54 Å². The third-order valence-corrected chi connectivity index (χ3v) is 5.27. The molecule has 3 aromatic carbocycles. The molecule has 8 nitrogen and oxygen atoms in total. The van der Waals surface area contributed by atoms with Gasteiger partial charge in [0.2, 0.25) is 5.82 Å². The van der Waals surface area contributed by atoms with Gasteiger partial charge in [-0.3, -0.25) is 0 Å². The summed E-state index contributed by atoms with van der Waals surface area (Å²) in [6.45, 7) is 2.60. The first kappa shape index (κ1) is 22.0. The van der Waals surface area contributed by atoms with Crippen molar-refractivity contribution in [2.45, 2.75) is 13.5 Å². The largest absolute Gasteiger partial charge is 0.332 e. The third-order valence-electron chi connectivity index (χ3n) is 5.27. The highest BCUT2D eigenvalue weighted by Gasteiger charge is 2.13. The van der Waals surface area contributed by atoms with Gasteiger partial charge in [-0.15, -0.1) is 0 Å². The van der Waals surface area contributed by atoms with Gasteiger partial charge in [0.15, 0.2) is 0 Å². The lowest BCUT2D eigenvalue weighted by atomic mass is 10.1.